The van der Waals surface area contributed by atoms with Crippen molar-refractivity contribution in [3.63, 3.8) is 0 Å². The second kappa shape index (κ2) is 13.9. The molecule has 0 saturated heterocycles. The third-order valence-corrected chi connectivity index (χ3v) is 15.3. The lowest BCUT2D eigenvalue weighted by Gasteiger charge is -2.42. The van der Waals surface area contributed by atoms with Gasteiger partial charge >= 0.3 is 0 Å². The SMILES string of the molecule is CC(C)c1cc2c3c(c1)C(C)c1cc(N4c5ccccc5N(c5ccccc5)c5ccccc54)cc4c1B3c1c-4cc(N3c4ccccc4N(c4ccccc4)c4ccccc43)cc1C2C. The summed E-state index contributed by atoms with van der Waals surface area (Å²) >= 11 is 0. The molecule has 66 heavy (non-hydrogen) atoms. The Morgan fingerprint density at radius 3 is 0.939 bits per heavy atom. The second-order valence-electron chi connectivity index (χ2n) is 19.1. The Hall–Kier alpha value is -7.76. The number of hydrogen-bond acceptors (Lipinski definition) is 4. The van der Waals surface area contributed by atoms with Crippen molar-refractivity contribution in [2.45, 2.75) is 45.4 Å². The molecule has 314 valence electrons. The van der Waals surface area contributed by atoms with Crippen LogP contribution >= 0.6 is 0 Å². The van der Waals surface area contributed by atoms with E-state index in [2.05, 4.69) is 241 Å². The number of fused-ring (bicyclic) bond motifs is 5. The number of rotatable bonds is 5. The third kappa shape index (κ3) is 5.06. The largest absolute Gasteiger partial charge is 0.306 e. The van der Waals surface area contributed by atoms with E-state index in [1.807, 2.05) is 0 Å². The van der Waals surface area contributed by atoms with Crippen molar-refractivity contribution in [1.82, 2.24) is 0 Å². The maximum absolute atomic E-state index is 2.57. The zero-order valence-corrected chi connectivity index (χ0v) is 37.6. The molecule has 0 saturated carbocycles. The van der Waals surface area contributed by atoms with E-state index in [1.54, 1.807) is 5.46 Å². The molecule has 5 heteroatoms. The summed E-state index contributed by atoms with van der Waals surface area (Å²) in [5, 5.41) is 0. The maximum atomic E-state index is 2.57. The number of nitrogens with zero attached hydrogens (tertiary/aromatic N) is 4. The van der Waals surface area contributed by atoms with Gasteiger partial charge in [0.25, 0.3) is 0 Å². The Kier molecular flexibility index (Phi) is 7.91. The Morgan fingerprint density at radius 1 is 0.333 bits per heavy atom. The van der Waals surface area contributed by atoms with Crippen LogP contribution in [0.5, 0.6) is 0 Å². The van der Waals surface area contributed by atoms with E-state index in [-0.39, 0.29) is 18.5 Å². The molecule has 0 bridgehead atoms. The molecule has 4 nitrogen and oxygen atoms in total. The summed E-state index contributed by atoms with van der Waals surface area (Å²) in [6.07, 6.45) is 0. The second-order valence-corrected chi connectivity index (χ2v) is 19.1. The predicted octanol–water partition coefficient (Wildman–Crippen LogP) is 14.7. The number of benzene rings is 9. The average Bonchev–Trinajstić information content (AvgIpc) is 3.69. The molecule has 0 radical (unpaired) electrons. The van der Waals surface area contributed by atoms with Gasteiger partial charge in [-0.15, -0.1) is 0 Å². The summed E-state index contributed by atoms with van der Waals surface area (Å²) in [5.74, 6) is 0.876. The highest BCUT2D eigenvalue weighted by molar-refractivity contribution is 7.01. The van der Waals surface area contributed by atoms with Gasteiger partial charge in [-0.25, -0.2) is 0 Å². The summed E-state index contributed by atoms with van der Waals surface area (Å²) in [6.45, 7) is 9.85. The first-order chi connectivity index (χ1) is 32.4. The molecule has 5 aliphatic rings. The molecule has 0 amide bonds. The number of para-hydroxylation sites is 10. The van der Waals surface area contributed by atoms with E-state index in [1.165, 1.54) is 107 Å². The average molecular weight is 847 g/mol. The van der Waals surface area contributed by atoms with Crippen molar-refractivity contribution in [3.8, 4) is 11.1 Å². The molecule has 0 fully saturated rings. The highest BCUT2D eigenvalue weighted by Gasteiger charge is 2.49. The Morgan fingerprint density at radius 2 is 0.621 bits per heavy atom. The number of anilines is 12. The van der Waals surface area contributed by atoms with Gasteiger partial charge in [-0.1, -0.05) is 141 Å². The van der Waals surface area contributed by atoms with Crippen molar-refractivity contribution < 1.29 is 0 Å². The van der Waals surface area contributed by atoms with Crippen LogP contribution in [0.2, 0.25) is 0 Å². The minimum Gasteiger partial charge on any atom is -0.306 e. The molecule has 9 aromatic rings. The quantitative estimate of drug-likeness (QED) is 0.160. The molecule has 2 atom stereocenters. The zero-order chi connectivity index (χ0) is 43.9. The van der Waals surface area contributed by atoms with Gasteiger partial charge in [0.2, 0.25) is 6.71 Å². The fraction of sp³-hybridized carbons (Fsp3) is 0.115. The van der Waals surface area contributed by atoms with Crippen molar-refractivity contribution in [2.24, 2.45) is 0 Å². The monoisotopic (exact) mass is 846 g/mol. The van der Waals surface area contributed by atoms with E-state index in [0.29, 0.717) is 5.92 Å². The first kappa shape index (κ1) is 37.6. The molecule has 0 spiro atoms. The molecule has 2 unspecified atom stereocenters. The third-order valence-electron chi connectivity index (χ3n) is 15.3. The molecule has 9 aromatic carbocycles. The van der Waals surface area contributed by atoms with E-state index in [4.69, 9.17) is 0 Å². The van der Waals surface area contributed by atoms with Gasteiger partial charge in [0, 0.05) is 34.6 Å². The van der Waals surface area contributed by atoms with Crippen LogP contribution in [0.25, 0.3) is 11.1 Å². The molecule has 0 N–H and O–H groups in total. The highest BCUT2D eigenvalue weighted by Crippen LogP contribution is 2.57. The van der Waals surface area contributed by atoms with Gasteiger partial charge in [-0.05, 0) is 142 Å². The van der Waals surface area contributed by atoms with Gasteiger partial charge in [-0.2, -0.15) is 0 Å². The van der Waals surface area contributed by atoms with Gasteiger partial charge in [0.15, 0.2) is 0 Å². The van der Waals surface area contributed by atoms with E-state index in [9.17, 15) is 0 Å². The minimum atomic E-state index is 0.200. The van der Waals surface area contributed by atoms with E-state index < -0.39 is 0 Å². The van der Waals surface area contributed by atoms with Crippen LogP contribution in [0.1, 0.15) is 73.3 Å². The van der Waals surface area contributed by atoms with Crippen LogP contribution in [0.3, 0.4) is 0 Å². The molecule has 14 rings (SSSR count). The van der Waals surface area contributed by atoms with Crippen LogP contribution in [0, 0.1) is 0 Å². The smallest absolute Gasteiger partial charge is 0.244 e. The summed E-state index contributed by atoms with van der Waals surface area (Å²) in [6, 6.07) is 72.7. The van der Waals surface area contributed by atoms with Crippen LogP contribution in [-0.4, -0.2) is 6.71 Å². The summed E-state index contributed by atoms with van der Waals surface area (Å²) < 4.78 is 0. The topological polar surface area (TPSA) is 13.0 Å². The maximum Gasteiger partial charge on any atom is 0.244 e. The van der Waals surface area contributed by atoms with Gasteiger partial charge in [0.1, 0.15) is 0 Å². The normalized spacial score (nSPS) is 16.5. The summed E-state index contributed by atoms with van der Waals surface area (Å²) in [7, 11) is 0. The van der Waals surface area contributed by atoms with Crippen molar-refractivity contribution in [1.29, 1.82) is 0 Å². The van der Waals surface area contributed by atoms with Crippen molar-refractivity contribution in [3.05, 3.63) is 222 Å². The minimum absolute atomic E-state index is 0.200. The lowest BCUT2D eigenvalue weighted by Crippen LogP contribution is -2.59. The van der Waals surface area contributed by atoms with Crippen LogP contribution in [-0.2, 0) is 0 Å². The van der Waals surface area contributed by atoms with Crippen LogP contribution in [0.4, 0.5) is 68.2 Å². The fourth-order valence-corrected chi connectivity index (χ4v) is 12.4. The summed E-state index contributed by atoms with van der Waals surface area (Å²) in [4.78, 5) is 9.92. The first-order valence-electron chi connectivity index (χ1n) is 23.6. The van der Waals surface area contributed by atoms with Crippen LogP contribution < -0.4 is 36.0 Å². The summed E-state index contributed by atoms with van der Waals surface area (Å²) in [5.41, 5.74) is 28.7. The molecular weight excluding hydrogens is 800 g/mol. The van der Waals surface area contributed by atoms with Gasteiger partial charge in [-0.3, -0.25) is 0 Å². The van der Waals surface area contributed by atoms with E-state index in [0.717, 1.165) is 11.4 Å². The highest BCUT2D eigenvalue weighted by atomic mass is 15.3. The van der Waals surface area contributed by atoms with Gasteiger partial charge in [0.05, 0.1) is 45.5 Å². The molecule has 5 aliphatic heterocycles. The number of hydrogen-bond donors (Lipinski definition) is 0. The lowest BCUT2D eigenvalue weighted by atomic mass is 9.31. The molecule has 5 heterocycles. The van der Waals surface area contributed by atoms with Crippen molar-refractivity contribution in [2.75, 3.05) is 19.6 Å². The van der Waals surface area contributed by atoms with Crippen LogP contribution in [0.15, 0.2) is 194 Å². The Labute approximate surface area is 387 Å². The molecule has 0 aliphatic carbocycles. The van der Waals surface area contributed by atoms with Gasteiger partial charge < -0.3 is 19.6 Å². The van der Waals surface area contributed by atoms with E-state index >= 15 is 0 Å². The molecule has 0 aromatic heterocycles. The predicted molar refractivity (Wildman–Crippen MR) is 278 cm³/mol. The fourth-order valence-electron chi connectivity index (χ4n) is 12.4. The first-order valence-corrected chi connectivity index (χ1v) is 23.6. The Bertz CT molecular complexity index is 3170. The van der Waals surface area contributed by atoms with Crippen molar-refractivity contribution >= 4 is 91.3 Å². The molecular formula is C61H47BN4. The lowest BCUT2D eigenvalue weighted by molar-refractivity contribution is 0.835. The Balaban J connectivity index is 1.04. The zero-order valence-electron chi connectivity index (χ0n) is 37.6. The standard InChI is InChI=1S/C61H47BN4/c1-37(2)40-31-45-38(3)47-33-43(65-55-27-15-11-23-51(55)63(41-19-7-5-8-20-41)52-24-12-16-28-56(52)65)35-49-50-36-44(34-48-39(4)46(32-40)59(45)62(60(47)49)61(48)50)66-57-29-17-13-25-53(57)64(42-21-9-6-10-22-42)54-26-14-18-30-58(54)66/h5-39H,1-4H3.